The third kappa shape index (κ3) is 3.54. The molecule has 1 aromatic carbocycles. The Balaban J connectivity index is 2.17. The maximum absolute atomic E-state index is 12.0. The third-order valence-electron chi connectivity index (χ3n) is 2.40. The molecule has 0 saturated carbocycles. The van der Waals surface area contributed by atoms with Crippen molar-refractivity contribution in [2.24, 2.45) is 0 Å². The monoisotopic (exact) mass is 384 g/mol. The molecule has 1 amide bonds. The molecule has 0 aliphatic rings. The van der Waals surface area contributed by atoms with Gasteiger partial charge in [-0.15, -0.1) is 0 Å². The molecule has 1 heterocycles. The molecule has 2 rings (SSSR count). The van der Waals surface area contributed by atoms with Crippen LogP contribution in [0.25, 0.3) is 0 Å². The van der Waals surface area contributed by atoms with Crippen LogP contribution in [0.5, 0.6) is 5.75 Å². The van der Waals surface area contributed by atoms with E-state index in [9.17, 15) is 4.79 Å². The normalized spacial score (nSPS) is 10.1. The van der Waals surface area contributed by atoms with Gasteiger partial charge in [0, 0.05) is 17.4 Å². The van der Waals surface area contributed by atoms with Crippen LogP contribution in [0, 0.1) is 0 Å². The molecular weight excluding hydrogens is 376 g/mol. The van der Waals surface area contributed by atoms with Gasteiger partial charge in [-0.25, -0.2) is 4.98 Å². The highest BCUT2D eigenvalue weighted by Gasteiger charge is 2.08. The Labute approximate surface area is 127 Å². The molecule has 1 aromatic heterocycles. The summed E-state index contributed by atoms with van der Waals surface area (Å²) >= 11 is 6.60. The Morgan fingerprint density at radius 3 is 2.68 bits per heavy atom. The summed E-state index contributed by atoms with van der Waals surface area (Å²) in [7, 11) is 1.59. The van der Waals surface area contributed by atoms with E-state index in [0.717, 1.165) is 4.47 Å². The fourth-order valence-electron chi connectivity index (χ4n) is 1.49. The average molecular weight is 386 g/mol. The quantitative estimate of drug-likeness (QED) is 0.816. The van der Waals surface area contributed by atoms with Crippen LogP contribution in [0.4, 0.5) is 5.69 Å². The highest BCUT2D eigenvalue weighted by Crippen LogP contribution is 2.27. The van der Waals surface area contributed by atoms with Gasteiger partial charge in [0.25, 0.3) is 5.91 Å². The summed E-state index contributed by atoms with van der Waals surface area (Å²) < 4.78 is 6.53. The second-order valence-electron chi connectivity index (χ2n) is 3.67. The van der Waals surface area contributed by atoms with E-state index in [-0.39, 0.29) is 5.91 Å². The molecule has 6 heteroatoms. The van der Waals surface area contributed by atoms with Crippen LogP contribution in [0.2, 0.25) is 0 Å². The zero-order valence-corrected chi connectivity index (χ0v) is 13.2. The third-order valence-corrected chi connectivity index (χ3v) is 3.45. The van der Waals surface area contributed by atoms with E-state index in [0.29, 0.717) is 21.6 Å². The topological polar surface area (TPSA) is 51.2 Å². The molecular formula is C13H10Br2N2O2. The van der Waals surface area contributed by atoms with E-state index in [1.807, 2.05) is 0 Å². The van der Waals surface area contributed by atoms with Crippen molar-refractivity contribution < 1.29 is 9.53 Å². The highest BCUT2D eigenvalue weighted by molar-refractivity contribution is 9.10. The fourth-order valence-corrected chi connectivity index (χ4v) is 2.40. The van der Waals surface area contributed by atoms with Gasteiger partial charge in [-0.2, -0.15) is 0 Å². The van der Waals surface area contributed by atoms with Gasteiger partial charge < -0.3 is 10.1 Å². The molecule has 0 radical (unpaired) electrons. The lowest BCUT2D eigenvalue weighted by atomic mass is 10.2. The predicted molar refractivity (Wildman–Crippen MR) is 80.6 cm³/mol. The lowest BCUT2D eigenvalue weighted by Gasteiger charge is -2.08. The molecule has 2 aromatic rings. The van der Waals surface area contributed by atoms with Gasteiger partial charge in [0.1, 0.15) is 10.4 Å². The van der Waals surface area contributed by atoms with Crippen molar-refractivity contribution >= 4 is 43.5 Å². The van der Waals surface area contributed by atoms with E-state index in [1.165, 1.54) is 0 Å². The summed E-state index contributed by atoms with van der Waals surface area (Å²) in [6, 6.07) is 8.65. The number of nitrogens with one attached hydrogen (secondary N) is 1. The number of ether oxygens (including phenoxy) is 1. The molecule has 0 spiro atoms. The number of hydrogen-bond acceptors (Lipinski definition) is 3. The summed E-state index contributed by atoms with van der Waals surface area (Å²) in [5.41, 5.74) is 1.22. The Kier molecular flexibility index (Phi) is 4.55. The van der Waals surface area contributed by atoms with Crippen LogP contribution < -0.4 is 10.1 Å². The highest BCUT2D eigenvalue weighted by atomic mass is 79.9. The van der Waals surface area contributed by atoms with Crippen molar-refractivity contribution in [1.29, 1.82) is 0 Å². The Hall–Kier alpha value is -1.40. The molecule has 0 saturated heterocycles. The van der Waals surface area contributed by atoms with Crippen LogP contribution in [0.15, 0.2) is 45.6 Å². The van der Waals surface area contributed by atoms with E-state index in [4.69, 9.17) is 4.74 Å². The lowest BCUT2D eigenvalue weighted by Crippen LogP contribution is -2.12. The van der Waals surface area contributed by atoms with Crippen LogP contribution in [0.1, 0.15) is 10.4 Å². The fraction of sp³-hybridized carbons (Fsp3) is 0.0769. The molecule has 0 aliphatic heterocycles. The van der Waals surface area contributed by atoms with Crippen molar-refractivity contribution in [2.75, 3.05) is 12.4 Å². The zero-order valence-electron chi connectivity index (χ0n) is 9.98. The number of halogens is 2. The first-order valence-electron chi connectivity index (χ1n) is 5.36. The van der Waals surface area contributed by atoms with Gasteiger partial charge in [0.15, 0.2) is 0 Å². The summed E-state index contributed by atoms with van der Waals surface area (Å²) in [5.74, 6) is 0.518. The maximum Gasteiger partial charge on any atom is 0.255 e. The van der Waals surface area contributed by atoms with E-state index in [1.54, 1.807) is 43.6 Å². The molecule has 0 aliphatic carbocycles. The van der Waals surface area contributed by atoms with E-state index in [2.05, 4.69) is 42.2 Å². The molecule has 4 nitrogen and oxygen atoms in total. The summed E-state index contributed by atoms with van der Waals surface area (Å²) in [6.45, 7) is 0. The van der Waals surface area contributed by atoms with Crippen LogP contribution in [0.3, 0.4) is 0 Å². The second-order valence-corrected chi connectivity index (χ2v) is 5.34. The van der Waals surface area contributed by atoms with E-state index < -0.39 is 0 Å². The number of hydrogen-bond donors (Lipinski definition) is 1. The summed E-state index contributed by atoms with van der Waals surface area (Å²) in [6.07, 6.45) is 1.57. The van der Waals surface area contributed by atoms with Gasteiger partial charge in [0.05, 0.1) is 11.6 Å². The first-order valence-corrected chi connectivity index (χ1v) is 6.95. The molecule has 0 bridgehead atoms. The first kappa shape index (κ1) is 14.0. The minimum Gasteiger partial charge on any atom is -0.496 e. The van der Waals surface area contributed by atoms with Crippen molar-refractivity contribution in [3.05, 3.63) is 51.2 Å². The van der Waals surface area contributed by atoms with Crippen LogP contribution >= 0.6 is 31.9 Å². The van der Waals surface area contributed by atoms with Crippen molar-refractivity contribution in [3.8, 4) is 5.75 Å². The number of aromatic nitrogens is 1. The number of carbonyl (C=O) groups is 1. The molecule has 98 valence electrons. The Morgan fingerprint density at radius 1 is 1.26 bits per heavy atom. The smallest absolute Gasteiger partial charge is 0.255 e. The van der Waals surface area contributed by atoms with Crippen molar-refractivity contribution in [1.82, 2.24) is 4.98 Å². The molecule has 0 unspecified atom stereocenters. The minimum absolute atomic E-state index is 0.194. The van der Waals surface area contributed by atoms with Gasteiger partial charge in [-0.1, -0.05) is 0 Å². The number of rotatable bonds is 3. The zero-order chi connectivity index (χ0) is 13.8. The molecule has 0 atom stereocenters. The van der Waals surface area contributed by atoms with Gasteiger partial charge in [0.2, 0.25) is 0 Å². The standard InChI is InChI=1S/C13H10Br2N2O2/c1-19-11-3-2-9(7-10(11)14)17-13(18)8-4-5-16-12(15)6-8/h2-7H,1H3,(H,17,18). The Morgan fingerprint density at radius 2 is 2.05 bits per heavy atom. The van der Waals surface area contributed by atoms with Crippen molar-refractivity contribution in [3.63, 3.8) is 0 Å². The number of methoxy groups -OCH3 is 1. The molecule has 19 heavy (non-hydrogen) atoms. The van der Waals surface area contributed by atoms with Crippen LogP contribution in [-0.4, -0.2) is 18.0 Å². The van der Waals surface area contributed by atoms with Crippen LogP contribution in [-0.2, 0) is 0 Å². The molecule has 1 N–H and O–H groups in total. The Bertz CT molecular complexity index is 617. The summed E-state index contributed by atoms with van der Waals surface area (Å²) in [4.78, 5) is 16.0. The number of benzene rings is 1. The number of carbonyl (C=O) groups excluding carboxylic acids is 1. The number of amides is 1. The van der Waals surface area contributed by atoms with Gasteiger partial charge in [-0.3, -0.25) is 4.79 Å². The van der Waals surface area contributed by atoms with Gasteiger partial charge in [-0.05, 0) is 62.2 Å². The number of nitrogens with zero attached hydrogens (tertiary/aromatic N) is 1. The summed E-state index contributed by atoms with van der Waals surface area (Å²) in [5, 5.41) is 2.80. The SMILES string of the molecule is COc1ccc(NC(=O)c2ccnc(Br)c2)cc1Br. The number of pyridine rings is 1. The predicted octanol–water partition coefficient (Wildman–Crippen LogP) is 3.87. The second kappa shape index (κ2) is 6.16. The largest absolute Gasteiger partial charge is 0.496 e. The molecule has 0 fully saturated rings. The van der Waals surface area contributed by atoms with Gasteiger partial charge >= 0.3 is 0 Å². The first-order chi connectivity index (χ1) is 9.10. The number of anilines is 1. The van der Waals surface area contributed by atoms with Crippen molar-refractivity contribution in [2.45, 2.75) is 0 Å². The minimum atomic E-state index is -0.194. The maximum atomic E-state index is 12.0. The lowest BCUT2D eigenvalue weighted by molar-refractivity contribution is 0.102. The average Bonchev–Trinajstić information content (AvgIpc) is 2.39. The van der Waals surface area contributed by atoms with E-state index >= 15 is 0 Å².